The SMILES string of the molecule is CN=C(NCc1cc(C)cc(OC)c1)NC1CCN(c2cccs2)CC1. The Kier molecular flexibility index (Phi) is 6.39. The second-order valence-electron chi connectivity index (χ2n) is 6.64. The third kappa shape index (κ3) is 4.91. The number of anilines is 1. The maximum Gasteiger partial charge on any atom is 0.191 e. The van der Waals surface area contributed by atoms with E-state index in [-0.39, 0.29) is 0 Å². The molecule has 5 nitrogen and oxygen atoms in total. The van der Waals surface area contributed by atoms with Gasteiger partial charge in [-0.1, -0.05) is 6.07 Å². The van der Waals surface area contributed by atoms with Gasteiger partial charge in [0.25, 0.3) is 0 Å². The van der Waals surface area contributed by atoms with Gasteiger partial charge in [-0.05, 0) is 60.5 Å². The van der Waals surface area contributed by atoms with Gasteiger partial charge in [-0.3, -0.25) is 4.99 Å². The van der Waals surface area contributed by atoms with Gasteiger partial charge in [0.15, 0.2) is 5.96 Å². The Morgan fingerprint density at radius 2 is 2.12 bits per heavy atom. The van der Waals surface area contributed by atoms with E-state index in [1.807, 2.05) is 24.5 Å². The topological polar surface area (TPSA) is 48.9 Å². The van der Waals surface area contributed by atoms with Gasteiger partial charge in [-0.2, -0.15) is 0 Å². The van der Waals surface area contributed by atoms with E-state index in [1.165, 1.54) is 16.1 Å². The summed E-state index contributed by atoms with van der Waals surface area (Å²) in [5.41, 5.74) is 2.39. The lowest BCUT2D eigenvalue weighted by atomic mass is 10.1. The molecule has 0 amide bonds. The number of rotatable bonds is 5. The lowest BCUT2D eigenvalue weighted by Crippen LogP contribution is -2.48. The number of hydrogen-bond acceptors (Lipinski definition) is 4. The lowest BCUT2D eigenvalue weighted by molar-refractivity contribution is 0.414. The Morgan fingerprint density at radius 1 is 1.31 bits per heavy atom. The highest BCUT2D eigenvalue weighted by Crippen LogP contribution is 2.24. The quantitative estimate of drug-likeness (QED) is 0.624. The molecule has 0 saturated carbocycles. The van der Waals surface area contributed by atoms with Crippen molar-refractivity contribution >= 4 is 22.3 Å². The van der Waals surface area contributed by atoms with Crippen LogP contribution in [-0.4, -0.2) is 39.2 Å². The van der Waals surface area contributed by atoms with E-state index in [4.69, 9.17) is 4.74 Å². The number of nitrogens with one attached hydrogen (secondary N) is 2. The molecule has 0 bridgehead atoms. The first kappa shape index (κ1) is 18.6. The standard InChI is InChI=1S/C20H28N4OS/c1-15-11-16(13-18(12-15)25-3)14-22-20(21-2)23-17-6-8-24(9-7-17)19-5-4-10-26-19/h4-5,10-13,17H,6-9,14H2,1-3H3,(H2,21,22,23). The molecule has 1 aliphatic rings. The number of aryl methyl sites for hydroxylation is 1. The molecule has 0 radical (unpaired) electrons. The molecule has 1 fully saturated rings. The van der Waals surface area contributed by atoms with Crippen LogP contribution in [0.25, 0.3) is 0 Å². The molecule has 2 heterocycles. The van der Waals surface area contributed by atoms with Crippen LogP contribution >= 0.6 is 11.3 Å². The first-order valence-corrected chi connectivity index (χ1v) is 9.96. The maximum atomic E-state index is 5.35. The van der Waals surface area contributed by atoms with Crippen LogP contribution in [0.5, 0.6) is 5.75 Å². The van der Waals surface area contributed by atoms with Crippen molar-refractivity contribution in [3.8, 4) is 5.75 Å². The van der Waals surface area contributed by atoms with Gasteiger partial charge < -0.3 is 20.3 Å². The second kappa shape index (κ2) is 8.94. The van der Waals surface area contributed by atoms with Crippen LogP contribution in [0.2, 0.25) is 0 Å². The van der Waals surface area contributed by atoms with E-state index < -0.39 is 0 Å². The zero-order valence-corrected chi connectivity index (χ0v) is 16.6. The molecule has 26 heavy (non-hydrogen) atoms. The number of thiophene rings is 1. The third-order valence-electron chi connectivity index (χ3n) is 4.68. The summed E-state index contributed by atoms with van der Waals surface area (Å²) in [7, 11) is 3.53. The Bertz CT molecular complexity index is 721. The van der Waals surface area contributed by atoms with Crippen molar-refractivity contribution in [1.29, 1.82) is 0 Å². The summed E-state index contributed by atoms with van der Waals surface area (Å²) in [6, 6.07) is 11.1. The average Bonchev–Trinajstić information content (AvgIpc) is 3.20. The normalized spacial score (nSPS) is 15.8. The number of benzene rings is 1. The van der Waals surface area contributed by atoms with Gasteiger partial charge in [-0.15, -0.1) is 11.3 Å². The first-order valence-electron chi connectivity index (χ1n) is 9.08. The minimum atomic E-state index is 0.462. The summed E-state index contributed by atoms with van der Waals surface area (Å²) < 4.78 is 5.35. The summed E-state index contributed by atoms with van der Waals surface area (Å²) in [5.74, 6) is 1.76. The van der Waals surface area contributed by atoms with E-state index in [1.54, 1.807) is 7.11 Å². The van der Waals surface area contributed by atoms with Crippen molar-refractivity contribution in [1.82, 2.24) is 10.6 Å². The Hall–Kier alpha value is -2.21. The number of piperidine rings is 1. The zero-order valence-electron chi connectivity index (χ0n) is 15.8. The molecule has 2 N–H and O–H groups in total. The maximum absolute atomic E-state index is 5.35. The van der Waals surface area contributed by atoms with Crippen LogP contribution in [0.4, 0.5) is 5.00 Å². The fourth-order valence-corrected chi connectivity index (χ4v) is 4.10. The smallest absolute Gasteiger partial charge is 0.191 e. The van der Waals surface area contributed by atoms with E-state index >= 15 is 0 Å². The fourth-order valence-electron chi connectivity index (χ4n) is 3.31. The van der Waals surface area contributed by atoms with Crippen molar-refractivity contribution in [2.24, 2.45) is 4.99 Å². The summed E-state index contributed by atoms with van der Waals surface area (Å²) >= 11 is 1.82. The minimum Gasteiger partial charge on any atom is -0.497 e. The van der Waals surface area contributed by atoms with Crippen molar-refractivity contribution in [2.75, 3.05) is 32.1 Å². The Morgan fingerprint density at radius 3 is 2.77 bits per heavy atom. The van der Waals surface area contributed by atoms with Crippen LogP contribution < -0.4 is 20.3 Å². The van der Waals surface area contributed by atoms with E-state index in [2.05, 4.69) is 57.1 Å². The molecule has 1 saturated heterocycles. The lowest BCUT2D eigenvalue weighted by Gasteiger charge is -2.33. The van der Waals surface area contributed by atoms with Gasteiger partial charge in [0.05, 0.1) is 12.1 Å². The second-order valence-corrected chi connectivity index (χ2v) is 7.57. The van der Waals surface area contributed by atoms with Crippen molar-refractivity contribution in [2.45, 2.75) is 32.4 Å². The molecule has 0 aliphatic carbocycles. The molecule has 6 heteroatoms. The summed E-state index contributed by atoms with van der Waals surface area (Å²) in [4.78, 5) is 6.85. The predicted octanol–water partition coefficient (Wildman–Crippen LogP) is 3.40. The van der Waals surface area contributed by atoms with E-state index in [0.717, 1.165) is 44.2 Å². The van der Waals surface area contributed by atoms with E-state index in [0.29, 0.717) is 6.04 Å². The number of methoxy groups -OCH3 is 1. The largest absolute Gasteiger partial charge is 0.497 e. The molecule has 0 atom stereocenters. The van der Waals surface area contributed by atoms with Crippen LogP contribution in [0.15, 0.2) is 40.7 Å². The van der Waals surface area contributed by atoms with Gasteiger partial charge in [0, 0.05) is 32.7 Å². The number of aliphatic imine (C=N–C) groups is 1. The molecular weight excluding hydrogens is 344 g/mol. The highest BCUT2D eigenvalue weighted by molar-refractivity contribution is 7.14. The Balaban J connectivity index is 1.49. The summed E-state index contributed by atoms with van der Waals surface area (Å²) in [5, 5.41) is 10.5. The molecular formula is C20H28N4OS. The molecule has 140 valence electrons. The van der Waals surface area contributed by atoms with Gasteiger partial charge >= 0.3 is 0 Å². The van der Waals surface area contributed by atoms with Gasteiger partial charge in [0.2, 0.25) is 0 Å². The number of guanidine groups is 1. The summed E-state index contributed by atoms with van der Waals surface area (Å²) in [6.45, 7) is 4.99. The molecule has 1 aromatic heterocycles. The highest BCUT2D eigenvalue weighted by Gasteiger charge is 2.20. The summed E-state index contributed by atoms with van der Waals surface area (Å²) in [6.07, 6.45) is 2.24. The van der Waals surface area contributed by atoms with Gasteiger partial charge in [-0.25, -0.2) is 0 Å². The molecule has 1 aliphatic heterocycles. The molecule has 0 unspecified atom stereocenters. The molecule has 1 aromatic carbocycles. The average molecular weight is 373 g/mol. The van der Waals surface area contributed by atoms with Crippen LogP contribution in [-0.2, 0) is 6.54 Å². The molecule has 2 aromatic rings. The predicted molar refractivity (Wildman–Crippen MR) is 111 cm³/mol. The Labute approximate surface area is 160 Å². The number of nitrogens with zero attached hydrogens (tertiary/aromatic N) is 2. The van der Waals surface area contributed by atoms with Crippen LogP contribution in [0.1, 0.15) is 24.0 Å². The van der Waals surface area contributed by atoms with Crippen molar-refractivity contribution in [3.63, 3.8) is 0 Å². The first-order chi connectivity index (χ1) is 12.7. The molecule has 0 spiro atoms. The van der Waals surface area contributed by atoms with Gasteiger partial charge in [0.1, 0.15) is 5.75 Å². The zero-order chi connectivity index (χ0) is 18.4. The third-order valence-corrected chi connectivity index (χ3v) is 5.61. The van der Waals surface area contributed by atoms with Crippen LogP contribution in [0.3, 0.4) is 0 Å². The number of hydrogen-bond donors (Lipinski definition) is 2. The van der Waals surface area contributed by atoms with Crippen molar-refractivity contribution in [3.05, 3.63) is 46.8 Å². The van der Waals surface area contributed by atoms with Crippen molar-refractivity contribution < 1.29 is 4.74 Å². The van der Waals surface area contributed by atoms with Crippen LogP contribution in [0, 0.1) is 6.92 Å². The number of ether oxygens (including phenoxy) is 1. The fraction of sp³-hybridized carbons (Fsp3) is 0.450. The molecule has 3 rings (SSSR count). The van der Waals surface area contributed by atoms with E-state index in [9.17, 15) is 0 Å². The monoisotopic (exact) mass is 372 g/mol. The minimum absolute atomic E-state index is 0.462. The highest BCUT2D eigenvalue weighted by atomic mass is 32.1.